The summed E-state index contributed by atoms with van der Waals surface area (Å²) >= 11 is 8.53. The Morgan fingerprint density at radius 2 is 2.03 bits per heavy atom. The summed E-state index contributed by atoms with van der Waals surface area (Å²) in [6.07, 6.45) is 4.94. The normalized spacial score (nSPS) is 18.3. The molecular formula is C22H20N4O3S3. The first-order valence-electron chi connectivity index (χ1n) is 10.2. The Bertz CT molecular complexity index is 1290. The van der Waals surface area contributed by atoms with Crippen molar-refractivity contribution >= 4 is 63.5 Å². The number of carbonyl (C=O) groups is 1. The lowest BCUT2D eigenvalue weighted by Crippen LogP contribution is -2.36. The molecule has 0 radical (unpaired) electrons. The molecule has 0 aromatic carbocycles. The molecule has 10 heteroatoms. The molecule has 32 heavy (non-hydrogen) atoms. The van der Waals surface area contributed by atoms with E-state index in [0.29, 0.717) is 32.0 Å². The van der Waals surface area contributed by atoms with Gasteiger partial charge in [-0.3, -0.25) is 18.9 Å². The van der Waals surface area contributed by atoms with Gasteiger partial charge >= 0.3 is 0 Å². The molecule has 1 amide bonds. The van der Waals surface area contributed by atoms with Gasteiger partial charge in [0.2, 0.25) is 0 Å². The summed E-state index contributed by atoms with van der Waals surface area (Å²) in [6.45, 7) is 3.81. The molecule has 3 aromatic heterocycles. The number of hydrogen-bond acceptors (Lipinski definition) is 8. The fourth-order valence-corrected chi connectivity index (χ4v) is 5.91. The number of aryl methyl sites for hydroxylation is 1. The number of carbonyl (C=O) groups excluding carboxylic acids is 1. The maximum atomic E-state index is 13.5. The molecule has 2 aliphatic rings. The molecule has 5 heterocycles. The van der Waals surface area contributed by atoms with Crippen molar-refractivity contribution < 1.29 is 9.21 Å². The second-order valence-corrected chi connectivity index (χ2v) is 10.4. The first-order chi connectivity index (χ1) is 15.5. The lowest BCUT2D eigenvalue weighted by atomic mass is 10.2. The number of anilines is 1. The number of thioether (sulfide) groups is 2. The predicted octanol–water partition coefficient (Wildman–Crippen LogP) is 3.55. The van der Waals surface area contributed by atoms with E-state index < -0.39 is 0 Å². The lowest BCUT2D eigenvalue weighted by molar-refractivity contribution is -0.122. The van der Waals surface area contributed by atoms with E-state index in [4.69, 9.17) is 21.6 Å². The van der Waals surface area contributed by atoms with E-state index in [1.54, 1.807) is 35.1 Å². The third-order valence-electron chi connectivity index (χ3n) is 5.42. The van der Waals surface area contributed by atoms with Crippen LogP contribution in [0.25, 0.3) is 11.7 Å². The third-order valence-corrected chi connectivity index (χ3v) is 7.74. The van der Waals surface area contributed by atoms with Gasteiger partial charge in [0.15, 0.2) is 0 Å². The Hall–Kier alpha value is -2.56. The van der Waals surface area contributed by atoms with E-state index in [1.165, 1.54) is 16.7 Å². The minimum Gasteiger partial charge on any atom is -0.467 e. The van der Waals surface area contributed by atoms with E-state index in [9.17, 15) is 9.59 Å². The van der Waals surface area contributed by atoms with Gasteiger partial charge in [-0.15, -0.1) is 0 Å². The van der Waals surface area contributed by atoms with Crippen molar-refractivity contribution in [3.05, 3.63) is 68.9 Å². The second-order valence-electron chi connectivity index (χ2n) is 7.49. The Labute approximate surface area is 198 Å². The molecule has 5 rings (SSSR count). The summed E-state index contributed by atoms with van der Waals surface area (Å²) in [5, 5.41) is 0. The quantitative estimate of drug-likeness (QED) is 0.411. The predicted molar refractivity (Wildman–Crippen MR) is 133 cm³/mol. The topological polar surface area (TPSA) is 71.1 Å². The van der Waals surface area contributed by atoms with Crippen LogP contribution in [0.15, 0.2) is 50.8 Å². The number of aromatic nitrogens is 2. The Kier molecular flexibility index (Phi) is 5.83. The first-order valence-corrected chi connectivity index (χ1v) is 12.5. The van der Waals surface area contributed by atoms with E-state index >= 15 is 0 Å². The van der Waals surface area contributed by atoms with Crippen molar-refractivity contribution in [2.75, 3.05) is 29.5 Å². The molecule has 2 fully saturated rings. The number of pyridine rings is 1. The van der Waals surface area contributed by atoms with E-state index in [0.717, 1.165) is 30.2 Å². The molecule has 0 atom stereocenters. The van der Waals surface area contributed by atoms with Crippen molar-refractivity contribution in [1.82, 2.24) is 14.3 Å². The average molecular weight is 485 g/mol. The van der Waals surface area contributed by atoms with Crippen LogP contribution in [0.2, 0.25) is 0 Å². The SMILES string of the molecule is Cc1cccn2c(=O)c(/C=C3\SC(=S)N(Cc4ccco4)C3=O)c(N3CCSCC3)nc12. The van der Waals surface area contributed by atoms with Gasteiger partial charge in [0.25, 0.3) is 11.5 Å². The smallest absolute Gasteiger partial charge is 0.267 e. The van der Waals surface area contributed by atoms with Gasteiger partial charge in [-0.1, -0.05) is 30.0 Å². The molecule has 3 aromatic rings. The molecule has 7 nitrogen and oxygen atoms in total. The summed E-state index contributed by atoms with van der Waals surface area (Å²) in [4.78, 5) is 35.6. The van der Waals surface area contributed by atoms with Crippen molar-refractivity contribution in [2.45, 2.75) is 13.5 Å². The second kappa shape index (κ2) is 8.76. The monoisotopic (exact) mass is 484 g/mol. The molecule has 164 valence electrons. The molecule has 0 N–H and O–H groups in total. The van der Waals surface area contributed by atoms with E-state index in [-0.39, 0.29) is 18.0 Å². The van der Waals surface area contributed by atoms with Gasteiger partial charge in [-0.05, 0) is 36.8 Å². The summed E-state index contributed by atoms with van der Waals surface area (Å²) in [5.41, 5.74) is 1.78. The van der Waals surface area contributed by atoms with Crippen LogP contribution in [-0.2, 0) is 11.3 Å². The van der Waals surface area contributed by atoms with Crippen LogP contribution in [0.4, 0.5) is 5.82 Å². The number of thiocarbonyl (C=S) groups is 1. The van der Waals surface area contributed by atoms with Crippen LogP contribution in [-0.4, -0.2) is 49.1 Å². The molecule has 0 bridgehead atoms. The van der Waals surface area contributed by atoms with Crippen molar-refractivity contribution in [3.8, 4) is 0 Å². The number of amides is 1. The maximum Gasteiger partial charge on any atom is 0.267 e. The minimum absolute atomic E-state index is 0.191. The van der Waals surface area contributed by atoms with E-state index in [1.807, 2.05) is 30.8 Å². The molecular weight excluding hydrogens is 464 g/mol. The number of nitrogens with zero attached hydrogens (tertiary/aromatic N) is 4. The lowest BCUT2D eigenvalue weighted by Gasteiger charge is -2.28. The van der Waals surface area contributed by atoms with E-state index in [2.05, 4.69) is 4.90 Å². The van der Waals surface area contributed by atoms with Gasteiger partial charge in [0.1, 0.15) is 21.5 Å². The minimum atomic E-state index is -0.231. The summed E-state index contributed by atoms with van der Waals surface area (Å²) < 4.78 is 7.36. The van der Waals surface area contributed by atoms with Crippen LogP contribution in [0.3, 0.4) is 0 Å². The highest BCUT2D eigenvalue weighted by Gasteiger charge is 2.33. The molecule has 2 saturated heterocycles. The standard InChI is InChI=1S/C22H20N4O3S3/c1-14-4-2-6-25-18(14)23-19(24-7-10-31-11-8-24)16(20(25)27)12-17-21(28)26(22(30)32-17)13-15-5-3-9-29-15/h2-6,9,12H,7-8,10-11,13H2,1H3/b17-12-. The van der Waals surface area contributed by atoms with Crippen molar-refractivity contribution in [3.63, 3.8) is 0 Å². The summed E-state index contributed by atoms with van der Waals surface area (Å²) in [5.74, 6) is 2.99. The number of hydrogen-bond donors (Lipinski definition) is 0. The largest absolute Gasteiger partial charge is 0.467 e. The highest BCUT2D eigenvalue weighted by molar-refractivity contribution is 8.26. The van der Waals surface area contributed by atoms with Gasteiger partial charge < -0.3 is 9.32 Å². The Morgan fingerprint density at radius 1 is 1.22 bits per heavy atom. The number of rotatable bonds is 4. The Balaban J connectivity index is 1.60. The fraction of sp³-hybridized carbons (Fsp3) is 0.273. The van der Waals surface area contributed by atoms with Crippen LogP contribution in [0.1, 0.15) is 16.9 Å². The van der Waals surface area contributed by atoms with Gasteiger partial charge in [0, 0.05) is 30.8 Å². The zero-order valence-electron chi connectivity index (χ0n) is 17.3. The maximum absolute atomic E-state index is 13.5. The molecule has 2 aliphatic heterocycles. The van der Waals surface area contributed by atoms with Crippen LogP contribution in [0.5, 0.6) is 0 Å². The van der Waals surface area contributed by atoms with Crippen LogP contribution >= 0.6 is 35.7 Å². The van der Waals surface area contributed by atoms with Crippen molar-refractivity contribution in [2.24, 2.45) is 0 Å². The third kappa shape index (κ3) is 3.87. The summed E-state index contributed by atoms with van der Waals surface area (Å²) in [6, 6.07) is 7.35. The number of fused-ring (bicyclic) bond motifs is 1. The fourth-order valence-electron chi connectivity index (χ4n) is 3.77. The van der Waals surface area contributed by atoms with Gasteiger partial charge in [0.05, 0.1) is 23.3 Å². The zero-order valence-corrected chi connectivity index (χ0v) is 19.8. The first kappa shape index (κ1) is 21.3. The number of furan rings is 1. The summed E-state index contributed by atoms with van der Waals surface area (Å²) in [7, 11) is 0. The van der Waals surface area contributed by atoms with Gasteiger partial charge in [-0.25, -0.2) is 4.98 Å². The average Bonchev–Trinajstić information content (AvgIpc) is 3.41. The highest BCUT2D eigenvalue weighted by atomic mass is 32.2. The van der Waals surface area contributed by atoms with Crippen LogP contribution in [0, 0.1) is 6.92 Å². The van der Waals surface area contributed by atoms with Crippen LogP contribution < -0.4 is 10.5 Å². The molecule has 0 spiro atoms. The molecule has 0 unspecified atom stereocenters. The molecule has 0 saturated carbocycles. The highest BCUT2D eigenvalue weighted by Crippen LogP contribution is 2.34. The van der Waals surface area contributed by atoms with Gasteiger partial charge in [-0.2, -0.15) is 11.8 Å². The zero-order chi connectivity index (χ0) is 22.2. The molecule has 0 aliphatic carbocycles. The van der Waals surface area contributed by atoms with Crippen molar-refractivity contribution in [1.29, 1.82) is 0 Å². The Morgan fingerprint density at radius 3 is 2.78 bits per heavy atom.